The summed E-state index contributed by atoms with van der Waals surface area (Å²) in [7, 11) is 0. The van der Waals surface area contributed by atoms with Gasteiger partial charge < -0.3 is 20.7 Å². The summed E-state index contributed by atoms with van der Waals surface area (Å²) in [5, 5.41) is 20.3. The van der Waals surface area contributed by atoms with Crippen LogP contribution in [-0.4, -0.2) is 41.8 Å². The highest BCUT2D eigenvalue weighted by Gasteiger charge is 2.61. The van der Waals surface area contributed by atoms with Crippen molar-refractivity contribution in [2.24, 2.45) is 5.41 Å². The van der Waals surface area contributed by atoms with E-state index in [4.69, 9.17) is 27.9 Å². The summed E-state index contributed by atoms with van der Waals surface area (Å²) >= 11 is 12.3. The van der Waals surface area contributed by atoms with E-state index in [0.29, 0.717) is 32.1 Å². The fourth-order valence-electron chi connectivity index (χ4n) is 6.70. The van der Waals surface area contributed by atoms with Crippen LogP contribution in [-0.2, 0) is 14.9 Å². The van der Waals surface area contributed by atoms with Crippen LogP contribution < -0.4 is 16.0 Å². The molecule has 0 aromatic heterocycles. The van der Waals surface area contributed by atoms with Gasteiger partial charge in [0.2, 0.25) is 5.91 Å². The molecule has 3 N–H and O–H groups in total. The van der Waals surface area contributed by atoms with Crippen LogP contribution in [0.1, 0.15) is 90.7 Å². The normalized spacial score (nSPS) is 27.0. The van der Waals surface area contributed by atoms with E-state index in [0.717, 1.165) is 6.07 Å². The van der Waals surface area contributed by atoms with Crippen molar-refractivity contribution in [1.82, 2.24) is 16.0 Å². The molecule has 11 heteroatoms. The lowest BCUT2D eigenvalue weighted by Gasteiger charge is -2.37. The molecule has 1 saturated carbocycles. The molecule has 2 aromatic carbocycles. The van der Waals surface area contributed by atoms with E-state index < -0.39 is 52.7 Å². The van der Waals surface area contributed by atoms with Crippen molar-refractivity contribution < 1.29 is 23.1 Å². The van der Waals surface area contributed by atoms with Gasteiger partial charge in [0.05, 0.1) is 17.1 Å². The molecule has 2 amide bonds. The van der Waals surface area contributed by atoms with Gasteiger partial charge in [0.1, 0.15) is 22.7 Å². The molecular weight excluding hydrogens is 621 g/mol. The number of amides is 2. The molecule has 2 fully saturated rings. The number of alkyl carbamates (subject to hydrolysis) is 1. The Balaban J connectivity index is 1.69. The van der Waals surface area contributed by atoms with Crippen LogP contribution in [0, 0.1) is 28.4 Å². The molecular formula is C34H42Cl2F2N4O3. The van der Waals surface area contributed by atoms with Gasteiger partial charge in [0.15, 0.2) is 0 Å². The first kappa shape index (κ1) is 34.9. The van der Waals surface area contributed by atoms with E-state index in [1.807, 2.05) is 20.8 Å². The standard InChI is InChI=1S/C34H42Cl2F2N4O3/c1-32(2,3)17-26-34(18-39,23-15-10-19(35)16-25(23)37)27(22-8-7-9-24(36)28(22)38)29(42-26)30(43)40-20-11-13-21(14-12-20)41-31(44)45-33(4,5)6/h7-10,15-16,20-21,26-27,29,42H,11-14,17H2,1-6H3,(H,40,43)(H,41,44)/t20?,21?,26-,27-,29+,34-/m0/s1. The van der Waals surface area contributed by atoms with E-state index in [9.17, 15) is 14.9 Å². The Morgan fingerprint density at radius 1 is 1.02 bits per heavy atom. The molecule has 2 aliphatic rings. The summed E-state index contributed by atoms with van der Waals surface area (Å²) in [6, 6.07) is 8.77. The Bertz CT molecular complexity index is 1460. The monoisotopic (exact) mass is 662 g/mol. The van der Waals surface area contributed by atoms with Gasteiger partial charge in [-0.3, -0.25) is 4.79 Å². The van der Waals surface area contributed by atoms with E-state index >= 15 is 8.78 Å². The van der Waals surface area contributed by atoms with Gasteiger partial charge in [0.25, 0.3) is 0 Å². The van der Waals surface area contributed by atoms with Gasteiger partial charge in [-0.15, -0.1) is 0 Å². The number of carbonyl (C=O) groups excluding carboxylic acids is 2. The zero-order valence-corrected chi connectivity index (χ0v) is 28.1. The molecule has 45 heavy (non-hydrogen) atoms. The van der Waals surface area contributed by atoms with Gasteiger partial charge in [-0.05, 0) is 82.1 Å². The third-order valence-electron chi connectivity index (χ3n) is 8.53. The van der Waals surface area contributed by atoms with Crippen LogP contribution in [0.4, 0.5) is 13.6 Å². The zero-order chi connectivity index (χ0) is 33.3. The Morgan fingerprint density at radius 3 is 2.20 bits per heavy atom. The second kappa shape index (κ2) is 13.4. The number of hydrogen-bond donors (Lipinski definition) is 3. The van der Waals surface area contributed by atoms with Crippen LogP contribution in [0.2, 0.25) is 10.0 Å². The lowest BCUT2D eigenvalue weighted by molar-refractivity contribution is -0.124. The number of nitrogens with zero attached hydrogens (tertiary/aromatic N) is 1. The summed E-state index contributed by atoms with van der Waals surface area (Å²) in [5.74, 6) is -3.03. The summed E-state index contributed by atoms with van der Waals surface area (Å²) < 4.78 is 37.0. The Hall–Kier alpha value is -2.93. The fraction of sp³-hybridized carbons (Fsp3) is 0.559. The Kier molecular flexibility index (Phi) is 10.4. The first-order valence-electron chi connectivity index (χ1n) is 15.3. The molecule has 7 nitrogen and oxygen atoms in total. The van der Waals surface area contributed by atoms with Crippen molar-refractivity contribution in [2.75, 3.05) is 0 Å². The van der Waals surface area contributed by atoms with Gasteiger partial charge in [-0.2, -0.15) is 5.26 Å². The summed E-state index contributed by atoms with van der Waals surface area (Å²) in [6.07, 6.45) is 2.33. The number of halogens is 4. The lowest BCUT2D eigenvalue weighted by Crippen LogP contribution is -2.50. The highest BCUT2D eigenvalue weighted by Crippen LogP contribution is 2.52. The zero-order valence-electron chi connectivity index (χ0n) is 26.6. The van der Waals surface area contributed by atoms with Crippen molar-refractivity contribution in [3.05, 3.63) is 69.2 Å². The highest BCUT2D eigenvalue weighted by atomic mass is 35.5. The van der Waals surface area contributed by atoms with E-state index in [-0.39, 0.29) is 38.7 Å². The summed E-state index contributed by atoms with van der Waals surface area (Å²) in [5.41, 5.74) is -2.56. The quantitative estimate of drug-likeness (QED) is 0.296. The molecule has 4 atom stereocenters. The number of hydrogen-bond acceptors (Lipinski definition) is 5. The van der Waals surface area contributed by atoms with Crippen molar-refractivity contribution in [1.29, 1.82) is 5.26 Å². The number of benzene rings is 2. The Morgan fingerprint density at radius 2 is 1.64 bits per heavy atom. The topological polar surface area (TPSA) is 103 Å². The molecule has 244 valence electrons. The average molecular weight is 664 g/mol. The summed E-state index contributed by atoms with van der Waals surface area (Å²) in [4.78, 5) is 26.4. The maximum absolute atomic E-state index is 15.9. The van der Waals surface area contributed by atoms with Crippen LogP contribution in [0.5, 0.6) is 0 Å². The smallest absolute Gasteiger partial charge is 0.407 e. The molecule has 0 bridgehead atoms. The van der Waals surface area contributed by atoms with Gasteiger partial charge in [0, 0.05) is 34.6 Å². The lowest BCUT2D eigenvalue weighted by atomic mass is 9.62. The third kappa shape index (κ3) is 7.90. The third-order valence-corrected chi connectivity index (χ3v) is 9.05. The van der Waals surface area contributed by atoms with Crippen LogP contribution in [0.25, 0.3) is 0 Å². The van der Waals surface area contributed by atoms with Crippen molar-refractivity contribution >= 4 is 35.2 Å². The first-order valence-corrected chi connectivity index (χ1v) is 16.1. The second-order valence-corrected chi connectivity index (χ2v) is 15.2. The molecule has 0 unspecified atom stereocenters. The van der Waals surface area contributed by atoms with Gasteiger partial charge in [-0.25, -0.2) is 13.6 Å². The summed E-state index contributed by atoms with van der Waals surface area (Å²) in [6.45, 7) is 11.4. The molecule has 1 heterocycles. The number of nitriles is 1. The molecule has 0 radical (unpaired) electrons. The molecule has 1 aliphatic carbocycles. The second-order valence-electron chi connectivity index (χ2n) is 14.4. The number of rotatable bonds is 6. The van der Waals surface area contributed by atoms with Crippen molar-refractivity contribution in [3.63, 3.8) is 0 Å². The van der Waals surface area contributed by atoms with Gasteiger partial charge >= 0.3 is 6.09 Å². The minimum atomic E-state index is -1.69. The van der Waals surface area contributed by atoms with Crippen LogP contribution in [0.15, 0.2) is 36.4 Å². The van der Waals surface area contributed by atoms with Gasteiger partial charge in [-0.1, -0.05) is 62.2 Å². The Labute approximate surface area is 274 Å². The maximum atomic E-state index is 15.9. The van der Waals surface area contributed by atoms with E-state index in [1.165, 1.54) is 24.3 Å². The number of ether oxygens (including phenoxy) is 1. The fourth-order valence-corrected chi connectivity index (χ4v) is 7.04. The van der Waals surface area contributed by atoms with E-state index in [1.54, 1.807) is 26.8 Å². The molecule has 0 spiro atoms. The van der Waals surface area contributed by atoms with E-state index in [2.05, 4.69) is 22.0 Å². The van der Waals surface area contributed by atoms with Crippen LogP contribution in [0.3, 0.4) is 0 Å². The SMILES string of the molecule is CC(C)(C)C[C@@H]1N[C@@H](C(=O)NC2CCC(NC(=O)OC(C)(C)C)CC2)[C@H](c2cccc(Cl)c2F)[C@@]1(C#N)c1ccc(Cl)cc1F. The van der Waals surface area contributed by atoms with Crippen molar-refractivity contribution in [2.45, 2.75) is 115 Å². The first-order chi connectivity index (χ1) is 20.9. The molecule has 2 aromatic rings. The average Bonchev–Trinajstić information content (AvgIpc) is 3.23. The molecule has 1 aliphatic heterocycles. The maximum Gasteiger partial charge on any atom is 0.407 e. The minimum absolute atomic E-state index is 0.0320. The molecule has 4 rings (SSSR count). The number of nitrogens with one attached hydrogen (secondary N) is 3. The molecule has 1 saturated heterocycles. The predicted molar refractivity (Wildman–Crippen MR) is 171 cm³/mol. The largest absolute Gasteiger partial charge is 0.444 e. The minimum Gasteiger partial charge on any atom is -0.444 e. The van der Waals surface area contributed by atoms with Crippen molar-refractivity contribution in [3.8, 4) is 6.07 Å². The van der Waals surface area contributed by atoms with Crippen LogP contribution >= 0.6 is 23.2 Å². The predicted octanol–water partition coefficient (Wildman–Crippen LogP) is 7.55. The number of carbonyl (C=O) groups is 2. The highest BCUT2D eigenvalue weighted by molar-refractivity contribution is 6.31.